The Hall–Kier alpha value is -1.65. The summed E-state index contributed by atoms with van der Waals surface area (Å²) in [6.07, 6.45) is 0. The highest BCUT2D eigenvalue weighted by Gasteiger charge is 2.10. The van der Waals surface area contributed by atoms with Crippen LogP contribution >= 0.6 is 23.8 Å². The third-order valence-corrected chi connectivity index (χ3v) is 3.59. The van der Waals surface area contributed by atoms with E-state index >= 15 is 0 Å². The molecule has 0 atom stereocenters. The molecule has 0 aliphatic heterocycles. The van der Waals surface area contributed by atoms with Crippen molar-refractivity contribution >= 4 is 34.9 Å². The van der Waals surface area contributed by atoms with Gasteiger partial charge in [-0.15, -0.1) is 0 Å². The number of hydrogen-bond donors (Lipinski definition) is 1. The number of aryl methyl sites for hydroxylation is 1. The first kappa shape index (κ1) is 12.4. The summed E-state index contributed by atoms with van der Waals surface area (Å²) in [6, 6.07) is 10.2. The van der Waals surface area contributed by atoms with Gasteiger partial charge in [0.15, 0.2) is 4.77 Å². The van der Waals surface area contributed by atoms with Crippen LogP contribution in [0.2, 0.25) is 5.02 Å². The van der Waals surface area contributed by atoms with Crippen molar-refractivity contribution < 1.29 is 4.39 Å². The summed E-state index contributed by atoms with van der Waals surface area (Å²) in [7, 11) is 0. The van der Waals surface area contributed by atoms with Gasteiger partial charge in [-0.05, 0) is 55.0 Å². The molecule has 96 valence electrons. The van der Waals surface area contributed by atoms with Crippen LogP contribution in [0.4, 0.5) is 4.39 Å². The normalized spacial score (nSPS) is 11.1. The SMILES string of the molecule is Cc1ccc(Cl)c(-n2c(=S)[nH]c3cc(F)ccc32)c1. The van der Waals surface area contributed by atoms with Gasteiger partial charge in [0, 0.05) is 0 Å². The molecule has 0 bridgehead atoms. The number of H-pyrrole nitrogens is 1. The summed E-state index contributed by atoms with van der Waals surface area (Å²) in [5, 5.41) is 0.604. The number of imidazole rings is 1. The van der Waals surface area contributed by atoms with Gasteiger partial charge in [-0.25, -0.2) is 4.39 Å². The monoisotopic (exact) mass is 292 g/mol. The lowest BCUT2D eigenvalue weighted by atomic mass is 10.2. The highest BCUT2D eigenvalue weighted by atomic mass is 35.5. The molecule has 2 nitrogen and oxygen atoms in total. The van der Waals surface area contributed by atoms with Crippen LogP contribution in [-0.4, -0.2) is 9.55 Å². The first-order chi connectivity index (χ1) is 9.06. The molecule has 0 unspecified atom stereocenters. The molecule has 0 saturated carbocycles. The number of benzene rings is 2. The van der Waals surface area contributed by atoms with Gasteiger partial charge in [-0.3, -0.25) is 4.57 Å². The quantitative estimate of drug-likeness (QED) is 0.640. The lowest BCUT2D eigenvalue weighted by Crippen LogP contribution is -1.95. The van der Waals surface area contributed by atoms with Gasteiger partial charge in [0.2, 0.25) is 0 Å². The molecule has 2 aromatic carbocycles. The summed E-state index contributed by atoms with van der Waals surface area (Å²) < 4.78 is 15.5. The summed E-state index contributed by atoms with van der Waals surface area (Å²) in [5.41, 5.74) is 3.34. The van der Waals surface area contributed by atoms with E-state index in [1.165, 1.54) is 12.1 Å². The Morgan fingerprint density at radius 3 is 2.79 bits per heavy atom. The smallest absolute Gasteiger partial charge is 0.182 e. The van der Waals surface area contributed by atoms with E-state index in [4.69, 9.17) is 23.8 Å². The number of halogens is 2. The van der Waals surface area contributed by atoms with E-state index in [0.717, 1.165) is 16.8 Å². The van der Waals surface area contributed by atoms with Crippen molar-refractivity contribution in [1.29, 1.82) is 0 Å². The van der Waals surface area contributed by atoms with E-state index in [-0.39, 0.29) is 5.82 Å². The van der Waals surface area contributed by atoms with Gasteiger partial charge in [0.1, 0.15) is 5.82 Å². The van der Waals surface area contributed by atoms with Gasteiger partial charge < -0.3 is 4.98 Å². The number of aromatic amines is 1. The Bertz CT molecular complexity index is 835. The van der Waals surface area contributed by atoms with Crippen molar-refractivity contribution in [3.63, 3.8) is 0 Å². The van der Waals surface area contributed by atoms with Gasteiger partial charge >= 0.3 is 0 Å². The maximum atomic E-state index is 13.2. The zero-order valence-corrected chi connectivity index (χ0v) is 11.6. The van der Waals surface area contributed by atoms with Crippen LogP contribution in [0.5, 0.6) is 0 Å². The Kier molecular flexibility index (Phi) is 2.92. The fourth-order valence-electron chi connectivity index (χ4n) is 2.12. The van der Waals surface area contributed by atoms with Crippen LogP contribution < -0.4 is 0 Å². The largest absolute Gasteiger partial charge is 0.330 e. The lowest BCUT2D eigenvalue weighted by Gasteiger charge is -2.08. The summed E-state index contributed by atoms with van der Waals surface area (Å²) >= 11 is 11.5. The molecule has 5 heteroatoms. The third kappa shape index (κ3) is 2.07. The van der Waals surface area contributed by atoms with Crippen LogP contribution in [0.3, 0.4) is 0 Å². The van der Waals surface area contributed by atoms with Crippen molar-refractivity contribution in [2.45, 2.75) is 6.92 Å². The van der Waals surface area contributed by atoms with E-state index in [1.807, 2.05) is 29.7 Å². The molecule has 3 aromatic rings. The van der Waals surface area contributed by atoms with E-state index in [2.05, 4.69) is 4.98 Å². The lowest BCUT2D eigenvalue weighted by molar-refractivity contribution is 0.629. The molecule has 0 aliphatic carbocycles. The average Bonchev–Trinajstić information content (AvgIpc) is 2.67. The zero-order valence-electron chi connectivity index (χ0n) is 10.1. The predicted molar refractivity (Wildman–Crippen MR) is 78.2 cm³/mol. The van der Waals surface area contributed by atoms with Crippen LogP contribution in [-0.2, 0) is 0 Å². The number of hydrogen-bond acceptors (Lipinski definition) is 1. The fraction of sp³-hybridized carbons (Fsp3) is 0.0714. The first-order valence-electron chi connectivity index (χ1n) is 5.73. The molecular weight excluding hydrogens is 283 g/mol. The molecule has 0 spiro atoms. The van der Waals surface area contributed by atoms with Crippen molar-refractivity contribution in [3.8, 4) is 5.69 Å². The second kappa shape index (κ2) is 4.47. The van der Waals surface area contributed by atoms with Crippen LogP contribution in [0.25, 0.3) is 16.7 Å². The molecule has 1 heterocycles. The van der Waals surface area contributed by atoms with Crippen molar-refractivity contribution in [1.82, 2.24) is 9.55 Å². The maximum absolute atomic E-state index is 13.2. The second-order valence-corrected chi connectivity index (χ2v) is 5.18. The first-order valence-corrected chi connectivity index (χ1v) is 6.52. The highest BCUT2D eigenvalue weighted by molar-refractivity contribution is 7.71. The Labute approximate surface area is 119 Å². The van der Waals surface area contributed by atoms with Gasteiger partial charge in [0.25, 0.3) is 0 Å². The van der Waals surface area contributed by atoms with Crippen LogP contribution in [0.1, 0.15) is 5.56 Å². The number of rotatable bonds is 1. The summed E-state index contributed by atoms with van der Waals surface area (Å²) in [6.45, 7) is 1.98. The molecule has 0 saturated heterocycles. The number of nitrogens with one attached hydrogen (secondary N) is 1. The van der Waals surface area contributed by atoms with Gasteiger partial charge in [-0.1, -0.05) is 17.7 Å². The van der Waals surface area contributed by atoms with E-state index < -0.39 is 0 Å². The Morgan fingerprint density at radius 2 is 2.00 bits per heavy atom. The topological polar surface area (TPSA) is 20.7 Å². The van der Waals surface area contributed by atoms with E-state index in [0.29, 0.717) is 15.3 Å². The van der Waals surface area contributed by atoms with Crippen LogP contribution in [0.15, 0.2) is 36.4 Å². The molecule has 0 radical (unpaired) electrons. The standard InChI is InChI=1S/C14H10ClFN2S/c1-8-2-4-10(15)13(6-8)18-12-5-3-9(16)7-11(12)17-14(18)19/h2-7H,1H3,(H,17,19). The number of nitrogens with zero attached hydrogens (tertiary/aromatic N) is 1. The summed E-state index contributed by atoms with van der Waals surface area (Å²) in [5.74, 6) is -0.300. The van der Waals surface area contributed by atoms with E-state index in [9.17, 15) is 4.39 Å². The van der Waals surface area contributed by atoms with Crippen LogP contribution in [0, 0.1) is 17.5 Å². The molecule has 1 aromatic heterocycles. The zero-order chi connectivity index (χ0) is 13.6. The number of fused-ring (bicyclic) bond motifs is 1. The number of aromatic nitrogens is 2. The molecule has 0 amide bonds. The molecule has 1 N–H and O–H groups in total. The second-order valence-electron chi connectivity index (χ2n) is 4.38. The predicted octanol–water partition coefficient (Wildman–Crippen LogP) is 4.79. The Balaban J connectivity index is 2.39. The van der Waals surface area contributed by atoms with Crippen molar-refractivity contribution in [2.24, 2.45) is 0 Å². The fourth-order valence-corrected chi connectivity index (χ4v) is 2.63. The minimum atomic E-state index is -0.300. The minimum absolute atomic E-state index is 0.300. The Morgan fingerprint density at radius 1 is 1.21 bits per heavy atom. The molecule has 0 aliphatic rings. The average molecular weight is 293 g/mol. The third-order valence-electron chi connectivity index (χ3n) is 2.99. The van der Waals surface area contributed by atoms with E-state index in [1.54, 1.807) is 6.07 Å². The maximum Gasteiger partial charge on any atom is 0.182 e. The van der Waals surface area contributed by atoms with Crippen molar-refractivity contribution in [3.05, 3.63) is 57.6 Å². The molecule has 0 fully saturated rings. The highest BCUT2D eigenvalue weighted by Crippen LogP contribution is 2.26. The summed E-state index contributed by atoms with van der Waals surface area (Å²) in [4.78, 5) is 2.99. The molecule has 19 heavy (non-hydrogen) atoms. The van der Waals surface area contributed by atoms with Crippen molar-refractivity contribution in [2.75, 3.05) is 0 Å². The van der Waals surface area contributed by atoms with Gasteiger partial charge in [0.05, 0.1) is 21.7 Å². The molecular formula is C14H10ClFN2S. The molecule has 3 rings (SSSR count). The van der Waals surface area contributed by atoms with Gasteiger partial charge in [-0.2, -0.15) is 0 Å². The minimum Gasteiger partial charge on any atom is -0.330 e.